The number of rotatable bonds is 4. The SMILES string of the molecule is CC(C)COC(=O)c1cc2cc(F)c(N)cc2n(N=N)c1=N. The normalized spacial score (nSPS) is 10.9. The molecule has 0 bridgehead atoms. The fraction of sp³-hybridized carbons (Fsp3) is 0.286. The Morgan fingerprint density at radius 2 is 2.14 bits per heavy atom. The van der Waals surface area contributed by atoms with Gasteiger partial charge in [0, 0.05) is 5.39 Å². The number of esters is 1. The van der Waals surface area contributed by atoms with Gasteiger partial charge in [-0.15, -0.1) is 0 Å². The lowest BCUT2D eigenvalue weighted by Crippen LogP contribution is -2.26. The van der Waals surface area contributed by atoms with E-state index in [0.717, 1.165) is 10.7 Å². The predicted molar refractivity (Wildman–Crippen MR) is 77.8 cm³/mol. The summed E-state index contributed by atoms with van der Waals surface area (Å²) in [7, 11) is 0. The topological polar surface area (TPSA) is 117 Å². The number of nitrogens with zero attached hydrogens (tertiary/aromatic N) is 2. The maximum Gasteiger partial charge on any atom is 0.342 e. The smallest absolute Gasteiger partial charge is 0.342 e. The summed E-state index contributed by atoms with van der Waals surface area (Å²) in [5.74, 6) is -1.22. The van der Waals surface area contributed by atoms with Gasteiger partial charge in [0.05, 0.1) is 17.8 Å². The number of nitrogen functional groups attached to an aromatic ring is 1. The summed E-state index contributed by atoms with van der Waals surface area (Å²) in [6, 6.07) is 3.74. The monoisotopic (exact) mass is 305 g/mol. The molecule has 8 heteroatoms. The van der Waals surface area contributed by atoms with Crippen molar-refractivity contribution in [3.05, 3.63) is 35.1 Å². The first-order valence-electron chi connectivity index (χ1n) is 6.59. The minimum absolute atomic E-state index is 0.0895. The fourth-order valence-corrected chi connectivity index (χ4v) is 1.93. The number of halogens is 1. The third-order valence-corrected chi connectivity index (χ3v) is 3.01. The number of pyridine rings is 1. The molecule has 0 amide bonds. The molecule has 4 N–H and O–H groups in total. The summed E-state index contributed by atoms with van der Waals surface area (Å²) in [5.41, 5.74) is 12.4. The van der Waals surface area contributed by atoms with Crippen LogP contribution in [0.1, 0.15) is 24.2 Å². The minimum Gasteiger partial charge on any atom is -0.462 e. The van der Waals surface area contributed by atoms with Crippen LogP contribution in [0.25, 0.3) is 10.9 Å². The van der Waals surface area contributed by atoms with E-state index in [-0.39, 0.29) is 34.8 Å². The van der Waals surface area contributed by atoms with Crippen LogP contribution in [0, 0.1) is 22.7 Å². The molecule has 0 saturated carbocycles. The number of carbonyl (C=O) groups is 1. The van der Waals surface area contributed by atoms with Gasteiger partial charge in [0.1, 0.15) is 11.4 Å². The molecule has 1 heterocycles. The second-order valence-corrected chi connectivity index (χ2v) is 5.24. The van der Waals surface area contributed by atoms with Crippen LogP contribution in [0.5, 0.6) is 0 Å². The predicted octanol–water partition coefficient (Wildman–Crippen LogP) is 2.45. The van der Waals surface area contributed by atoms with E-state index in [1.165, 1.54) is 12.1 Å². The van der Waals surface area contributed by atoms with Crippen LogP contribution in [0.2, 0.25) is 0 Å². The zero-order chi connectivity index (χ0) is 16.4. The summed E-state index contributed by atoms with van der Waals surface area (Å²) in [4.78, 5) is 12.1. The van der Waals surface area contributed by atoms with Gasteiger partial charge >= 0.3 is 5.97 Å². The summed E-state index contributed by atoms with van der Waals surface area (Å²) in [6.45, 7) is 3.96. The van der Waals surface area contributed by atoms with Gasteiger partial charge < -0.3 is 10.5 Å². The summed E-state index contributed by atoms with van der Waals surface area (Å²) < 4.78 is 19.6. The number of nitrogens with one attached hydrogen (secondary N) is 2. The Morgan fingerprint density at radius 1 is 1.45 bits per heavy atom. The molecule has 0 aliphatic carbocycles. The van der Waals surface area contributed by atoms with Crippen LogP contribution in [-0.4, -0.2) is 17.3 Å². The van der Waals surface area contributed by atoms with Gasteiger partial charge in [0.25, 0.3) is 0 Å². The first kappa shape index (κ1) is 15.6. The third kappa shape index (κ3) is 2.80. The zero-order valence-electron chi connectivity index (χ0n) is 12.2. The molecule has 1 aromatic heterocycles. The number of aromatic nitrogens is 1. The number of anilines is 1. The number of hydrogen-bond acceptors (Lipinski definition) is 6. The minimum atomic E-state index is -0.713. The molecule has 22 heavy (non-hydrogen) atoms. The maximum absolute atomic E-state index is 13.6. The Morgan fingerprint density at radius 3 is 2.73 bits per heavy atom. The van der Waals surface area contributed by atoms with Gasteiger partial charge in [-0.05, 0) is 24.1 Å². The second-order valence-electron chi connectivity index (χ2n) is 5.24. The van der Waals surface area contributed by atoms with E-state index in [9.17, 15) is 9.18 Å². The van der Waals surface area contributed by atoms with Crippen molar-refractivity contribution >= 4 is 22.6 Å². The van der Waals surface area contributed by atoms with E-state index in [1.807, 2.05) is 13.8 Å². The quantitative estimate of drug-likeness (QED) is 0.457. The third-order valence-electron chi connectivity index (χ3n) is 3.01. The highest BCUT2D eigenvalue weighted by Crippen LogP contribution is 2.21. The van der Waals surface area contributed by atoms with E-state index in [1.54, 1.807) is 0 Å². The lowest BCUT2D eigenvalue weighted by atomic mass is 10.1. The Bertz CT molecular complexity index is 813. The van der Waals surface area contributed by atoms with Crippen LogP contribution in [0.3, 0.4) is 0 Å². The molecule has 0 fully saturated rings. The molecule has 0 radical (unpaired) electrons. The summed E-state index contributed by atoms with van der Waals surface area (Å²) in [5, 5.41) is 11.5. The maximum atomic E-state index is 13.6. The van der Waals surface area contributed by atoms with Crippen LogP contribution < -0.4 is 11.2 Å². The van der Waals surface area contributed by atoms with Crippen LogP contribution in [-0.2, 0) is 4.74 Å². The number of ether oxygens (including phenoxy) is 1. The van der Waals surface area contributed by atoms with Crippen molar-refractivity contribution < 1.29 is 13.9 Å². The lowest BCUT2D eigenvalue weighted by Gasteiger charge is -2.11. The molecule has 0 saturated heterocycles. The average molecular weight is 305 g/mol. The molecule has 0 unspecified atom stereocenters. The number of fused-ring (bicyclic) bond motifs is 1. The van der Waals surface area contributed by atoms with Gasteiger partial charge in [-0.2, -0.15) is 10.2 Å². The van der Waals surface area contributed by atoms with Crippen molar-refractivity contribution in [3.8, 4) is 0 Å². The highest BCUT2D eigenvalue weighted by atomic mass is 19.1. The Kier molecular flexibility index (Phi) is 4.20. The number of benzene rings is 1. The van der Waals surface area contributed by atoms with E-state index in [2.05, 4.69) is 5.22 Å². The second kappa shape index (κ2) is 5.92. The van der Waals surface area contributed by atoms with Crippen LogP contribution in [0.4, 0.5) is 10.1 Å². The van der Waals surface area contributed by atoms with Gasteiger partial charge in [-0.3, -0.25) is 5.41 Å². The molecular weight excluding hydrogens is 289 g/mol. The van der Waals surface area contributed by atoms with Crippen LogP contribution in [0.15, 0.2) is 23.4 Å². The molecule has 116 valence electrons. The molecular formula is C14H16FN5O2. The van der Waals surface area contributed by atoms with E-state index < -0.39 is 11.8 Å². The summed E-state index contributed by atoms with van der Waals surface area (Å²) >= 11 is 0. The van der Waals surface area contributed by atoms with Crippen LogP contribution >= 0.6 is 0 Å². The van der Waals surface area contributed by atoms with Gasteiger partial charge in [-0.1, -0.05) is 19.1 Å². The largest absolute Gasteiger partial charge is 0.462 e. The van der Waals surface area contributed by atoms with Gasteiger partial charge in [0.2, 0.25) is 0 Å². The van der Waals surface area contributed by atoms with E-state index in [4.69, 9.17) is 21.4 Å². The number of nitrogens with two attached hydrogens (primary N) is 1. The molecule has 0 aliphatic rings. The standard InChI is InChI=1S/C14H16FN5O2/c1-7(2)6-22-14(21)9-3-8-4-10(15)11(16)5-12(8)20(19-18)13(9)17/h3-5,7,17-18H,6,16H2,1-2H3. The Hall–Kier alpha value is -2.77. The zero-order valence-corrected chi connectivity index (χ0v) is 12.2. The van der Waals surface area contributed by atoms with Crippen molar-refractivity contribution in [2.24, 2.45) is 11.1 Å². The van der Waals surface area contributed by atoms with Crippen molar-refractivity contribution in [2.45, 2.75) is 13.8 Å². The molecule has 2 aromatic rings. The van der Waals surface area contributed by atoms with E-state index in [0.29, 0.717) is 5.39 Å². The highest BCUT2D eigenvalue weighted by Gasteiger charge is 2.16. The molecule has 0 aliphatic heterocycles. The average Bonchev–Trinajstić information content (AvgIpc) is 2.46. The van der Waals surface area contributed by atoms with Crippen molar-refractivity contribution in [1.29, 1.82) is 10.9 Å². The number of hydrogen-bond donors (Lipinski definition) is 3. The molecule has 7 nitrogen and oxygen atoms in total. The van der Waals surface area contributed by atoms with Gasteiger partial charge in [-0.25, -0.2) is 9.18 Å². The fourth-order valence-electron chi connectivity index (χ4n) is 1.93. The van der Waals surface area contributed by atoms with E-state index >= 15 is 0 Å². The first-order valence-corrected chi connectivity index (χ1v) is 6.59. The lowest BCUT2D eigenvalue weighted by molar-refractivity contribution is 0.0456. The number of carbonyl (C=O) groups excluding carboxylic acids is 1. The summed E-state index contributed by atoms with van der Waals surface area (Å²) in [6.07, 6.45) is 0. The van der Waals surface area contributed by atoms with Gasteiger partial charge in [0.15, 0.2) is 5.49 Å². The highest BCUT2D eigenvalue weighted by molar-refractivity contribution is 5.94. The van der Waals surface area contributed by atoms with Crippen molar-refractivity contribution in [1.82, 2.24) is 4.68 Å². The molecule has 2 rings (SSSR count). The Labute approximate surface area is 125 Å². The molecule has 0 atom stereocenters. The van der Waals surface area contributed by atoms with Crippen molar-refractivity contribution in [3.63, 3.8) is 0 Å². The van der Waals surface area contributed by atoms with Crippen molar-refractivity contribution in [2.75, 3.05) is 12.3 Å². The molecule has 0 spiro atoms. The Balaban J connectivity index is 2.64. The first-order chi connectivity index (χ1) is 10.3. The molecule has 1 aromatic carbocycles.